The molecule has 0 atom stereocenters. The number of likely N-dealkylation sites (N-methyl/N-ethyl adjacent to an activating group) is 1. The number of benzene rings is 1. The van der Waals surface area contributed by atoms with Crippen molar-refractivity contribution >= 4 is 22.8 Å². The van der Waals surface area contributed by atoms with Crippen LogP contribution in [0, 0.1) is 0 Å². The van der Waals surface area contributed by atoms with Crippen molar-refractivity contribution in [2.45, 2.75) is 12.8 Å². The summed E-state index contributed by atoms with van der Waals surface area (Å²) in [4.78, 5) is 27.3. The van der Waals surface area contributed by atoms with Gasteiger partial charge in [0.15, 0.2) is 5.75 Å². The SMILES string of the molecule is C=CCN(C)CCc1c[nH]c2c(OC(=O)CC(=O)O)cccc12. The fourth-order valence-corrected chi connectivity index (χ4v) is 2.38. The van der Waals surface area contributed by atoms with Crippen molar-refractivity contribution in [2.24, 2.45) is 0 Å². The normalized spacial score (nSPS) is 10.9. The minimum Gasteiger partial charge on any atom is -0.481 e. The third kappa shape index (κ3) is 4.43. The van der Waals surface area contributed by atoms with Crippen molar-refractivity contribution in [3.63, 3.8) is 0 Å². The maximum atomic E-state index is 11.5. The molecule has 2 aromatic rings. The second-order valence-electron chi connectivity index (χ2n) is 5.34. The second-order valence-corrected chi connectivity index (χ2v) is 5.34. The van der Waals surface area contributed by atoms with Crippen LogP contribution in [0.2, 0.25) is 0 Å². The number of para-hydroxylation sites is 1. The van der Waals surface area contributed by atoms with Crippen molar-refractivity contribution in [1.29, 1.82) is 0 Å². The van der Waals surface area contributed by atoms with Gasteiger partial charge in [0.25, 0.3) is 0 Å². The van der Waals surface area contributed by atoms with Gasteiger partial charge in [-0.1, -0.05) is 18.2 Å². The molecular formula is C17H20N2O4. The number of hydrogen-bond acceptors (Lipinski definition) is 4. The van der Waals surface area contributed by atoms with Gasteiger partial charge in [0.1, 0.15) is 6.42 Å². The van der Waals surface area contributed by atoms with Gasteiger partial charge in [-0.05, 0) is 25.1 Å². The molecule has 1 aromatic heterocycles. The van der Waals surface area contributed by atoms with Crippen LogP contribution in [0.25, 0.3) is 10.9 Å². The Labute approximate surface area is 134 Å². The summed E-state index contributed by atoms with van der Waals surface area (Å²) >= 11 is 0. The Bertz CT molecular complexity index is 720. The van der Waals surface area contributed by atoms with E-state index in [-0.39, 0.29) is 0 Å². The molecule has 0 aliphatic rings. The zero-order chi connectivity index (χ0) is 16.8. The van der Waals surface area contributed by atoms with E-state index in [9.17, 15) is 9.59 Å². The Morgan fingerprint density at radius 2 is 2.22 bits per heavy atom. The van der Waals surface area contributed by atoms with Crippen LogP contribution in [0.4, 0.5) is 0 Å². The number of carboxylic acids is 1. The lowest BCUT2D eigenvalue weighted by Crippen LogP contribution is -2.20. The van der Waals surface area contributed by atoms with E-state index in [1.807, 2.05) is 25.4 Å². The molecule has 2 N–H and O–H groups in total. The first-order chi connectivity index (χ1) is 11.0. The van der Waals surface area contributed by atoms with Crippen LogP contribution in [-0.4, -0.2) is 47.1 Å². The number of fused-ring (bicyclic) bond motifs is 1. The summed E-state index contributed by atoms with van der Waals surface area (Å²) in [6.45, 7) is 5.41. The summed E-state index contributed by atoms with van der Waals surface area (Å²) in [5.41, 5.74) is 1.82. The Balaban J connectivity index is 2.15. The maximum absolute atomic E-state index is 11.5. The Kier molecular flexibility index (Phi) is 5.54. The second kappa shape index (κ2) is 7.60. The number of carboxylic acid groups (broad SMARTS) is 1. The molecule has 0 bridgehead atoms. The number of carbonyl (C=O) groups excluding carboxylic acids is 1. The van der Waals surface area contributed by atoms with Gasteiger partial charge in [0.2, 0.25) is 0 Å². The summed E-state index contributed by atoms with van der Waals surface area (Å²) in [5, 5.41) is 9.59. The molecule has 0 spiro atoms. The van der Waals surface area contributed by atoms with Crippen LogP contribution in [0.1, 0.15) is 12.0 Å². The third-order valence-electron chi connectivity index (χ3n) is 3.49. The zero-order valence-electron chi connectivity index (χ0n) is 13.0. The number of aromatic amines is 1. The maximum Gasteiger partial charge on any atom is 0.322 e. The van der Waals surface area contributed by atoms with Gasteiger partial charge >= 0.3 is 11.9 Å². The topological polar surface area (TPSA) is 82.6 Å². The Morgan fingerprint density at radius 1 is 1.43 bits per heavy atom. The third-order valence-corrected chi connectivity index (χ3v) is 3.49. The van der Waals surface area contributed by atoms with Crippen LogP contribution in [-0.2, 0) is 16.0 Å². The zero-order valence-corrected chi connectivity index (χ0v) is 13.0. The highest BCUT2D eigenvalue weighted by atomic mass is 16.5. The molecule has 6 nitrogen and oxygen atoms in total. The van der Waals surface area contributed by atoms with Crippen LogP contribution < -0.4 is 4.74 Å². The van der Waals surface area contributed by atoms with Crippen molar-refractivity contribution < 1.29 is 19.4 Å². The molecule has 0 amide bonds. The molecule has 0 aliphatic carbocycles. The fourth-order valence-electron chi connectivity index (χ4n) is 2.38. The van der Waals surface area contributed by atoms with Gasteiger partial charge in [0, 0.05) is 24.7 Å². The minimum atomic E-state index is -1.21. The number of H-pyrrole nitrogens is 1. The van der Waals surface area contributed by atoms with Crippen LogP contribution >= 0.6 is 0 Å². The highest BCUT2D eigenvalue weighted by Crippen LogP contribution is 2.27. The van der Waals surface area contributed by atoms with E-state index in [1.165, 1.54) is 0 Å². The number of carbonyl (C=O) groups is 2. The lowest BCUT2D eigenvalue weighted by molar-refractivity contribution is -0.145. The van der Waals surface area contributed by atoms with Gasteiger partial charge in [-0.25, -0.2) is 0 Å². The van der Waals surface area contributed by atoms with Crippen molar-refractivity contribution in [1.82, 2.24) is 9.88 Å². The minimum absolute atomic E-state index is 0.347. The van der Waals surface area contributed by atoms with E-state index in [0.717, 1.165) is 30.5 Å². The number of ether oxygens (including phenoxy) is 1. The molecule has 0 unspecified atom stereocenters. The first kappa shape index (κ1) is 16.8. The summed E-state index contributed by atoms with van der Waals surface area (Å²) in [7, 11) is 2.02. The van der Waals surface area contributed by atoms with Gasteiger partial charge in [0.05, 0.1) is 5.52 Å². The average molecular weight is 316 g/mol. The highest BCUT2D eigenvalue weighted by molar-refractivity contribution is 5.94. The number of aliphatic carboxylic acids is 1. The molecule has 23 heavy (non-hydrogen) atoms. The number of aromatic nitrogens is 1. The van der Waals surface area contributed by atoms with Gasteiger partial charge in [-0.3, -0.25) is 9.59 Å². The molecule has 122 valence electrons. The van der Waals surface area contributed by atoms with E-state index in [1.54, 1.807) is 12.1 Å². The standard InChI is InChI=1S/C17H20N2O4/c1-3-8-19(2)9-7-12-11-18-17-13(12)5-4-6-14(17)23-16(22)10-15(20)21/h3-6,11,18H,1,7-10H2,2H3,(H,20,21). The molecule has 1 aromatic carbocycles. The number of rotatable bonds is 8. The van der Waals surface area contributed by atoms with Gasteiger partial charge in [-0.15, -0.1) is 6.58 Å². The highest BCUT2D eigenvalue weighted by Gasteiger charge is 2.14. The number of esters is 1. The van der Waals surface area contributed by atoms with Crippen molar-refractivity contribution in [3.05, 3.63) is 42.6 Å². The molecule has 2 rings (SSSR count). The van der Waals surface area contributed by atoms with Crippen LogP contribution in [0.3, 0.4) is 0 Å². The molecular weight excluding hydrogens is 296 g/mol. The van der Waals surface area contributed by atoms with Crippen LogP contribution in [0.5, 0.6) is 5.75 Å². The molecule has 0 saturated heterocycles. The Morgan fingerprint density at radius 3 is 2.91 bits per heavy atom. The van der Waals surface area contributed by atoms with E-state index >= 15 is 0 Å². The predicted molar refractivity (Wildman–Crippen MR) is 87.6 cm³/mol. The quantitative estimate of drug-likeness (QED) is 0.338. The van der Waals surface area contributed by atoms with Crippen molar-refractivity contribution in [3.8, 4) is 5.75 Å². The molecule has 0 saturated carbocycles. The number of nitrogens with one attached hydrogen (secondary N) is 1. The van der Waals surface area contributed by atoms with E-state index in [2.05, 4.69) is 16.5 Å². The van der Waals surface area contributed by atoms with E-state index in [4.69, 9.17) is 9.84 Å². The summed E-state index contributed by atoms with van der Waals surface area (Å²) in [5.74, 6) is -1.65. The number of hydrogen-bond donors (Lipinski definition) is 2. The molecule has 0 fully saturated rings. The van der Waals surface area contributed by atoms with Crippen molar-refractivity contribution in [2.75, 3.05) is 20.1 Å². The summed E-state index contributed by atoms with van der Waals surface area (Å²) < 4.78 is 5.14. The lowest BCUT2D eigenvalue weighted by Gasteiger charge is -2.13. The largest absolute Gasteiger partial charge is 0.481 e. The summed E-state index contributed by atoms with van der Waals surface area (Å²) in [6, 6.07) is 5.38. The fraction of sp³-hybridized carbons (Fsp3) is 0.294. The van der Waals surface area contributed by atoms with Gasteiger partial charge in [-0.2, -0.15) is 0 Å². The lowest BCUT2D eigenvalue weighted by atomic mass is 10.1. The monoisotopic (exact) mass is 316 g/mol. The molecule has 0 aliphatic heterocycles. The molecule has 6 heteroatoms. The first-order valence-corrected chi connectivity index (χ1v) is 7.32. The van der Waals surface area contributed by atoms with E-state index < -0.39 is 18.4 Å². The summed E-state index contributed by atoms with van der Waals surface area (Å²) in [6.07, 6.45) is 3.93. The predicted octanol–water partition coefficient (Wildman–Crippen LogP) is 2.21. The van der Waals surface area contributed by atoms with Crippen LogP contribution in [0.15, 0.2) is 37.1 Å². The molecule has 1 heterocycles. The van der Waals surface area contributed by atoms with E-state index in [0.29, 0.717) is 11.3 Å². The molecule has 0 radical (unpaired) electrons. The number of nitrogens with zero attached hydrogens (tertiary/aromatic N) is 1. The first-order valence-electron chi connectivity index (χ1n) is 7.32. The van der Waals surface area contributed by atoms with Gasteiger partial charge < -0.3 is 19.7 Å². The smallest absolute Gasteiger partial charge is 0.322 e. The Hall–Kier alpha value is -2.60. The average Bonchev–Trinajstić information content (AvgIpc) is 2.89.